The van der Waals surface area contributed by atoms with Gasteiger partial charge in [-0.05, 0) is 48.6 Å². The average Bonchev–Trinajstić information content (AvgIpc) is 3.44. The number of aromatic nitrogens is 3. The minimum atomic E-state index is -0.0465. The molecule has 0 radical (unpaired) electrons. The van der Waals surface area contributed by atoms with Crippen LogP contribution in [0.15, 0.2) is 60.5 Å². The quantitative estimate of drug-likeness (QED) is 0.357. The Morgan fingerprint density at radius 3 is 2.97 bits per heavy atom. The highest BCUT2D eigenvalue weighted by atomic mass is 35.5. The first kappa shape index (κ1) is 21.2. The zero-order chi connectivity index (χ0) is 19.3. The van der Waals surface area contributed by atoms with E-state index in [1.54, 1.807) is 46.2 Å². The summed E-state index contributed by atoms with van der Waals surface area (Å²) in [5.41, 5.74) is 2.12. The van der Waals surface area contributed by atoms with E-state index < -0.39 is 0 Å². The van der Waals surface area contributed by atoms with Crippen molar-refractivity contribution in [3.05, 3.63) is 70.9 Å². The Balaban J connectivity index is 0.00000240. The molecule has 3 heterocycles. The number of nitrogens with zero attached hydrogens (tertiary/aromatic N) is 4. The highest BCUT2D eigenvalue weighted by molar-refractivity contribution is 7.22. The molecule has 1 amide bonds. The second-order valence-corrected chi connectivity index (χ2v) is 8.45. The van der Waals surface area contributed by atoms with Gasteiger partial charge >= 0.3 is 0 Å². The second-order valence-electron chi connectivity index (χ2n) is 6.46. The third kappa shape index (κ3) is 5.32. The van der Waals surface area contributed by atoms with Crippen LogP contribution in [0, 0.1) is 6.92 Å². The summed E-state index contributed by atoms with van der Waals surface area (Å²) in [6.07, 6.45) is 9.83. The van der Waals surface area contributed by atoms with Crippen molar-refractivity contribution in [3.8, 4) is 0 Å². The first-order valence-electron chi connectivity index (χ1n) is 9.05. The highest BCUT2D eigenvalue weighted by Gasteiger charge is 2.17. The van der Waals surface area contributed by atoms with E-state index in [-0.39, 0.29) is 18.3 Å². The molecule has 1 aromatic carbocycles. The molecule has 0 unspecified atom stereocenters. The molecule has 0 N–H and O–H groups in total. The van der Waals surface area contributed by atoms with Crippen molar-refractivity contribution in [1.82, 2.24) is 14.5 Å². The molecule has 0 spiro atoms. The molecule has 0 aliphatic rings. The summed E-state index contributed by atoms with van der Waals surface area (Å²) in [6.45, 7) is 3.48. The van der Waals surface area contributed by atoms with Crippen molar-refractivity contribution in [2.45, 2.75) is 19.9 Å². The van der Waals surface area contributed by atoms with Crippen LogP contribution in [0.5, 0.6) is 0 Å². The number of aryl methyl sites for hydroxylation is 2. The lowest BCUT2D eigenvalue weighted by Gasteiger charge is -2.18. The number of rotatable bonds is 7. The molecule has 0 fully saturated rings. The molecule has 4 rings (SSSR count). The van der Waals surface area contributed by atoms with Crippen LogP contribution >= 0.6 is 35.1 Å². The number of carbonyl (C=O) groups excluding carboxylic acids is 1. The Kier molecular flexibility index (Phi) is 7.19. The van der Waals surface area contributed by atoms with E-state index >= 15 is 0 Å². The number of fused-ring (bicyclic) bond motifs is 1. The van der Waals surface area contributed by atoms with Gasteiger partial charge in [0.25, 0.3) is 5.91 Å². The summed E-state index contributed by atoms with van der Waals surface area (Å²) < 4.78 is 3.12. The number of anilines is 1. The number of imidazole rings is 1. The van der Waals surface area contributed by atoms with E-state index in [4.69, 9.17) is 4.98 Å². The van der Waals surface area contributed by atoms with Gasteiger partial charge in [0, 0.05) is 36.4 Å². The van der Waals surface area contributed by atoms with Gasteiger partial charge in [-0.1, -0.05) is 23.5 Å². The molecule has 5 nitrogen and oxygen atoms in total. The molecule has 0 saturated heterocycles. The zero-order valence-corrected chi connectivity index (χ0v) is 18.3. The molecule has 0 bridgehead atoms. The molecule has 4 aromatic rings. The maximum atomic E-state index is 13.0. The van der Waals surface area contributed by atoms with Crippen LogP contribution in [-0.2, 0) is 11.3 Å². The lowest BCUT2D eigenvalue weighted by atomic mass is 10.2. The van der Waals surface area contributed by atoms with Gasteiger partial charge < -0.3 is 4.57 Å². The normalized spacial score (nSPS) is 11.1. The van der Waals surface area contributed by atoms with E-state index in [1.165, 1.54) is 5.56 Å². The average molecular weight is 445 g/mol. The molecule has 150 valence electrons. The topological polar surface area (TPSA) is 51.0 Å². The third-order valence-electron chi connectivity index (χ3n) is 4.32. The van der Waals surface area contributed by atoms with Crippen LogP contribution < -0.4 is 4.90 Å². The predicted molar refractivity (Wildman–Crippen MR) is 124 cm³/mol. The van der Waals surface area contributed by atoms with Gasteiger partial charge in [-0.25, -0.2) is 9.97 Å². The Bertz CT molecular complexity index is 1090. The summed E-state index contributed by atoms with van der Waals surface area (Å²) in [7, 11) is 0. The second kappa shape index (κ2) is 9.82. The minimum absolute atomic E-state index is 0. The number of amides is 1. The number of hydrogen-bond donors (Lipinski definition) is 0. The number of thiophene rings is 1. The van der Waals surface area contributed by atoms with Gasteiger partial charge in [0.1, 0.15) is 0 Å². The van der Waals surface area contributed by atoms with Crippen LogP contribution in [0.1, 0.15) is 16.9 Å². The minimum Gasteiger partial charge on any atom is -0.337 e. The van der Waals surface area contributed by atoms with Gasteiger partial charge in [-0.2, -0.15) is 0 Å². The Labute approximate surface area is 183 Å². The maximum absolute atomic E-state index is 13.0. The number of carbonyl (C=O) groups is 1. The zero-order valence-electron chi connectivity index (χ0n) is 15.9. The Morgan fingerprint density at radius 2 is 2.21 bits per heavy atom. The summed E-state index contributed by atoms with van der Waals surface area (Å²) in [6, 6.07) is 10.2. The summed E-state index contributed by atoms with van der Waals surface area (Å²) in [5.74, 6) is -0.0465. The largest absolute Gasteiger partial charge is 0.337 e. The van der Waals surface area contributed by atoms with E-state index in [2.05, 4.69) is 18.0 Å². The van der Waals surface area contributed by atoms with Crippen molar-refractivity contribution in [1.29, 1.82) is 0 Å². The molecule has 0 atom stereocenters. The Hall–Kier alpha value is -2.48. The van der Waals surface area contributed by atoms with Crippen molar-refractivity contribution in [2.75, 3.05) is 11.4 Å². The lowest BCUT2D eigenvalue weighted by Crippen LogP contribution is -2.30. The van der Waals surface area contributed by atoms with Gasteiger partial charge in [-0.3, -0.25) is 9.69 Å². The van der Waals surface area contributed by atoms with Gasteiger partial charge in [0.2, 0.25) is 0 Å². The van der Waals surface area contributed by atoms with Crippen LogP contribution in [0.2, 0.25) is 0 Å². The van der Waals surface area contributed by atoms with Gasteiger partial charge in [0.05, 0.1) is 16.5 Å². The lowest BCUT2D eigenvalue weighted by molar-refractivity contribution is -0.114. The molecule has 3 aromatic heterocycles. The number of thiazole rings is 1. The van der Waals surface area contributed by atoms with Gasteiger partial charge in [0.15, 0.2) is 5.13 Å². The van der Waals surface area contributed by atoms with Crippen LogP contribution in [-0.4, -0.2) is 27.0 Å². The number of hydrogen-bond acceptors (Lipinski definition) is 5. The summed E-state index contributed by atoms with van der Waals surface area (Å²) in [5, 5.41) is 2.75. The maximum Gasteiger partial charge on any atom is 0.252 e. The number of benzene rings is 1. The van der Waals surface area contributed by atoms with Crippen molar-refractivity contribution < 1.29 is 4.79 Å². The van der Waals surface area contributed by atoms with Crippen LogP contribution in [0.3, 0.4) is 0 Å². The molecular weight excluding hydrogens is 424 g/mol. The standard InChI is InChI=1S/C21H20N4OS2.ClH/c1-16-5-7-18-19(14-16)28-21(23-18)25(11-3-10-24-12-9-22-15-24)20(26)8-6-17-4-2-13-27-17;/h2,4-9,12-15H,3,10-11H2,1H3;1H/b8-6+;. The van der Waals surface area contributed by atoms with E-state index in [0.717, 1.165) is 33.2 Å². The first-order valence-corrected chi connectivity index (χ1v) is 10.7. The monoisotopic (exact) mass is 444 g/mol. The summed E-state index contributed by atoms with van der Waals surface area (Å²) in [4.78, 5) is 24.6. The molecule has 0 aliphatic carbocycles. The van der Waals surface area contributed by atoms with Crippen molar-refractivity contribution in [3.63, 3.8) is 0 Å². The van der Waals surface area contributed by atoms with E-state index in [0.29, 0.717) is 6.54 Å². The SMILES string of the molecule is Cc1ccc2nc(N(CCCn3ccnc3)C(=O)/C=C/c3cccs3)sc2c1.Cl. The molecule has 29 heavy (non-hydrogen) atoms. The fraction of sp³-hybridized carbons (Fsp3) is 0.190. The number of halogens is 1. The predicted octanol–water partition coefficient (Wildman–Crippen LogP) is 5.42. The van der Waals surface area contributed by atoms with E-state index in [1.807, 2.05) is 46.5 Å². The fourth-order valence-corrected chi connectivity index (χ4v) is 4.61. The Morgan fingerprint density at radius 1 is 1.31 bits per heavy atom. The van der Waals surface area contributed by atoms with Crippen LogP contribution in [0.25, 0.3) is 16.3 Å². The highest BCUT2D eigenvalue weighted by Crippen LogP contribution is 2.30. The summed E-state index contributed by atoms with van der Waals surface area (Å²) >= 11 is 3.18. The smallest absolute Gasteiger partial charge is 0.252 e. The van der Waals surface area contributed by atoms with Crippen molar-refractivity contribution >= 4 is 62.4 Å². The molecular formula is C21H21ClN4OS2. The van der Waals surface area contributed by atoms with Crippen LogP contribution in [0.4, 0.5) is 5.13 Å². The third-order valence-corrected chi connectivity index (χ3v) is 6.20. The first-order chi connectivity index (χ1) is 13.7. The fourth-order valence-electron chi connectivity index (χ4n) is 2.90. The van der Waals surface area contributed by atoms with Crippen molar-refractivity contribution in [2.24, 2.45) is 0 Å². The molecule has 8 heteroatoms. The molecule has 0 saturated carbocycles. The van der Waals surface area contributed by atoms with Gasteiger partial charge in [-0.15, -0.1) is 23.7 Å². The van der Waals surface area contributed by atoms with E-state index in [9.17, 15) is 4.79 Å². The molecule has 0 aliphatic heterocycles.